The van der Waals surface area contributed by atoms with E-state index in [9.17, 15) is 4.79 Å². The molecule has 0 aliphatic carbocycles. The lowest BCUT2D eigenvalue weighted by molar-refractivity contribution is -0.120. The molecule has 0 aliphatic rings. The monoisotopic (exact) mass is 357 g/mol. The number of aliphatic imine (C=N–C) groups is 1. The zero-order valence-corrected chi connectivity index (χ0v) is 15.6. The number of nitrogens with zero attached hydrogens (tertiary/aromatic N) is 2. The van der Waals surface area contributed by atoms with E-state index in [0.29, 0.717) is 37.9 Å². The predicted molar refractivity (Wildman–Crippen MR) is 103 cm³/mol. The molecule has 1 heterocycles. The van der Waals surface area contributed by atoms with Crippen molar-refractivity contribution in [3.63, 3.8) is 0 Å². The molecule has 0 atom stereocenters. The minimum absolute atomic E-state index is 0.0362. The lowest BCUT2D eigenvalue weighted by Crippen LogP contribution is -2.39. The highest BCUT2D eigenvalue weighted by Gasteiger charge is 2.07. The van der Waals surface area contributed by atoms with Gasteiger partial charge in [0, 0.05) is 32.1 Å². The second-order valence-corrected chi connectivity index (χ2v) is 5.96. The van der Waals surface area contributed by atoms with Crippen LogP contribution >= 0.6 is 0 Å². The summed E-state index contributed by atoms with van der Waals surface area (Å²) in [4.78, 5) is 20.2. The maximum Gasteiger partial charge on any atom is 0.226 e. The Labute approximate surface area is 154 Å². The van der Waals surface area contributed by atoms with Crippen LogP contribution in [-0.4, -0.2) is 37.0 Å². The Morgan fingerprint density at radius 2 is 1.92 bits per heavy atom. The summed E-state index contributed by atoms with van der Waals surface area (Å²) in [6, 6.07) is 8.03. The van der Waals surface area contributed by atoms with Gasteiger partial charge >= 0.3 is 0 Å². The third-order valence-corrected chi connectivity index (χ3v) is 3.73. The fraction of sp³-hybridized carbons (Fsp3) is 0.421. The molecular weight excluding hydrogens is 330 g/mol. The van der Waals surface area contributed by atoms with Crippen molar-refractivity contribution in [3.05, 3.63) is 41.8 Å². The molecule has 1 aromatic carbocycles. The predicted octanol–water partition coefficient (Wildman–Crippen LogP) is 2.23. The maximum atomic E-state index is 11.6. The molecule has 7 nitrogen and oxygen atoms in total. The zero-order chi connectivity index (χ0) is 18.8. The number of amides is 1. The molecule has 0 bridgehead atoms. The molecule has 7 heteroatoms. The molecule has 3 N–H and O–H groups in total. The molecule has 2 rings (SSSR count). The summed E-state index contributed by atoms with van der Waals surface area (Å²) in [5.74, 6) is 1.25. The number of oxazole rings is 1. The third-order valence-electron chi connectivity index (χ3n) is 3.73. The minimum atomic E-state index is 0.0362. The lowest BCUT2D eigenvalue weighted by atomic mass is 10.1. The fourth-order valence-corrected chi connectivity index (χ4v) is 2.26. The molecule has 0 saturated carbocycles. The molecule has 0 radical (unpaired) electrons. The van der Waals surface area contributed by atoms with Gasteiger partial charge in [-0.05, 0) is 25.5 Å². The number of guanidine groups is 1. The van der Waals surface area contributed by atoms with Gasteiger partial charge in [-0.15, -0.1) is 0 Å². The summed E-state index contributed by atoms with van der Waals surface area (Å²) in [6.07, 6.45) is 2.97. The lowest BCUT2D eigenvalue weighted by Gasteiger charge is -2.10. The van der Waals surface area contributed by atoms with E-state index in [4.69, 9.17) is 4.42 Å². The van der Waals surface area contributed by atoms with E-state index in [0.717, 1.165) is 17.7 Å². The topological polar surface area (TPSA) is 91.5 Å². The molecule has 0 unspecified atom stereocenters. The van der Waals surface area contributed by atoms with Crippen LogP contribution in [0.3, 0.4) is 0 Å². The molecule has 26 heavy (non-hydrogen) atoms. The van der Waals surface area contributed by atoms with E-state index in [1.54, 1.807) is 13.3 Å². The van der Waals surface area contributed by atoms with Gasteiger partial charge in [0.25, 0.3) is 0 Å². The van der Waals surface area contributed by atoms with Gasteiger partial charge in [0.1, 0.15) is 6.26 Å². The summed E-state index contributed by atoms with van der Waals surface area (Å²) in [6.45, 7) is 5.78. The first-order valence-electron chi connectivity index (χ1n) is 8.85. The van der Waals surface area contributed by atoms with Gasteiger partial charge in [-0.1, -0.05) is 24.6 Å². The highest BCUT2D eigenvalue weighted by atomic mass is 16.3. The SMILES string of the molecule is CCCNC(=O)CCNC(=NC)NCc1coc(-c2ccc(C)cc2)n1. The van der Waals surface area contributed by atoms with Crippen molar-refractivity contribution in [2.45, 2.75) is 33.2 Å². The smallest absolute Gasteiger partial charge is 0.226 e. The normalized spacial score (nSPS) is 11.3. The number of hydrogen-bond donors (Lipinski definition) is 3. The Morgan fingerprint density at radius 1 is 1.15 bits per heavy atom. The first kappa shape index (κ1) is 19.5. The largest absolute Gasteiger partial charge is 0.444 e. The number of carbonyl (C=O) groups excluding carboxylic acids is 1. The number of benzene rings is 1. The number of hydrogen-bond acceptors (Lipinski definition) is 4. The number of rotatable bonds is 8. The fourth-order valence-electron chi connectivity index (χ4n) is 2.26. The Hall–Kier alpha value is -2.83. The molecular formula is C19H27N5O2. The van der Waals surface area contributed by atoms with E-state index in [1.165, 1.54) is 5.56 Å². The maximum absolute atomic E-state index is 11.6. The Morgan fingerprint density at radius 3 is 2.62 bits per heavy atom. The second kappa shape index (κ2) is 10.2. The summed E-state index contributed by atoms with van der Waals surface area (Å²) in [7, 11) is 1.69. The number of carbonyl (C=O) groups is 1. The molecule has 140 valence electrons. The van der Waals surface area contributed by atoms with Crippen molar-refractivity contribution < 1.29 is 9.21 Å². The highest BCUT2D eigenvalue weighted by molar-refractivity contribution is 5.81. The van der Waals surface area contributed by atoms with Crippen LogP contribution in [0.5, 0.6) is 0 Å². The third kappa shape index (κ3) is 6.23. The van der Waals surface area contributed by atoms with Crippen molar-refractivity contribution >= 4 is 11.9 Å². The molecule has 0 spiro atoms. The van der Waals surface area contributed by atoms with Crippen LogP contribution in [0.25, 0.3) is 11.5 Å². The highest BCUT2D eigenvalue weighted by Crippen LogP contribution is 2.18. The average Bonchev–Trinajstić information content (AvgIpc) is 3.12. The Balaban J connectivity index is 1.78. The van der Waals surface area contributed by atoms with E-state index in [1.807, 2.05) is 38.1 Å². The van der Waals surface area contributed by atoms with Gasteiger partial charge in [-0.2, -0.15) is 0 Å². The van der Waals surface area contributed by atoms with Crippen LogP contribution in [0.15, 0.2) is 39.9 Å². The summed E-state index contributed by atoms with van der Waals surface area (Å²) in [5, 5.41) is 9.11. The average molecular weight is 357 g/mol. The van der Waals surface area contributed by atoms with Crippen molar-refractivity contribution in [2.75, 3.05) is 20.1 Å². The quantitative estimate of drug-likeness (QED) is 0.498. The summed E-state index contributed by atoms with van der Waals surface area (Å²) in [5.41, 5.74) is 2.92. The summed E-state index contributed by atoms with van der Waals surface area (Å²) < 4.78 is 5.54. The van der Waals surface area contributed by atoms with Gasteiger partial charge in [-0.25, -0.2) is 4.98 Å². The summed E-state index contributed by atoms with van der Waals surface area (Å²) >= 11 is 0. The van der Waals surface area contributed by atoms with E-state index in [-0.39, 0.29) is 5.91 Å². The zero-order valence-electron chi connectivity index (χ0n) is 15.6. The van der Waals surface area contributed by atoms with Crippen molar-refractivity contribution in [2.24, 2.45) is 4.99 Å². The first-order chi connectivity index (χ1) is 12.6. The van der Waals surface area contributed by atoms with Crippen molar-refractivity contribution in [1.82, 2.24) is 20.9 Å². The minimum Gasteiger partial charge on any atom is -0.444 e. The molecule has 0 aliphatic heterocycles. The Kier molecular flexibility index (Phi) is 7.67. The van der Waals surface area contributed by atoms with E-state index >= 15 is 0 Å². The molecule has 0 fully saturated rings. The van der Waals surface area contributed by atoms with E-state index in [2.05, 4.69) is 25.9 Å². The van der Waals surface area contributed by atoms with Gasteiger partial charge in [0.05, 0.1) is 12.2 Å². The second-order valence-electron chi connectivity index (χ2n) is 5.96. The van der Waals surface area contributed by atoms with Gasteiger partial charge in [0.15, 0.2) is 5.96 Å². The molecule has 0 saturated heterocycles. The number of aryl methyl sites for hydroxylation is 1. The van der Waals surface area contributed by atoms with Crippen LogP contribution in [0.4, 0.5) is 0 Å². The number of aromatic nitrogens is 1. The van der Waals surface area contributed by atoms with E-state index < -0.39 is 0 Å². The molecule has 1 aromatic heterocycles. The van der Waals surface area contributed by atoms with Crippen LogP contribution < -0.4 is 16.0 Å². The van der Waals surface area contributed by atoms with Gasteiger partial charge in [-0.3, -0.25) is 9.79 Å². The van der Waals surface area contributed by atoms with Gasteiger partial charge < -0.3 is 20.4 Å². The van der Waals surface area contributed by atoms with Crippen molar-refractivity contribution in [1.29, 1.82) is 0 Å². The van der Waals surface area contributed by atoms with Crippen LogP contribution in [0, 0.1) is 6.92 Å². The Bertz CT molecular complexity index is 722. The standard InChI is InChI=1S/C19H27N5O2/c1-4-10-21-17(25)9-11-22-19(20-3)23-12-16-13-26-18(24-16)15-7-5-14(2)6-8-15/h5-8,13H,4,9-12H2,1-3H3,(H,21,25)(H2,20,22,23). The van der Waals surface area contributed by atoms with Crippen LogP contribution in [0.2, 0.25) is 0 Å². The van der Waals surface area contributed by atoms with Crippen LogP contribution in [-0.2, 0) is 11.3 Å². The molecule has 1 amide bonds. The number of nitrogens with one attached hydrogen (secondary N) is 3. The first-order valence-corrected chi connectivity index (χ1v) is 8.85. The van der Waals surface area contributed by atoms with Gasteiger partial charge in [0.2, 0.25) is 11.8 Å². The molecule has 2 aromatic rings. The van der Waals surface area contributed by atoms with Crippen LogP contribution in [0.1, 0.15) is 31.0 Å². The van der Waals surface area contributed by atoms with Crippen molar-refractivity contribution in [3.8, 4) is 11.5 Å².